The molecule has 10 heteroatoms. The summed E-state index contributed by atoms with van der Waals surface area (Å²) in [5.41, 5.74) is 3.66. The van der Waals surface area contributed by atoms with Gasteiger partial charge in [-0.25, -0.2) is 15.6 Å². The molecule has 0 aliphatic carbocycles. The molecule has 1 fully saturated rings. The summed E-state index contributed by atoms with van der Waals surface area (Å²) in [6.07, 6.45) is 6.66. The van der Waals surface area contributed by atoms with Gasteiger partial charge in [0.25, 0.3) is 5.91 Å². The summed E-state index contributed by atoms with van der Waals surface area (Å²) in [7, 11) is 1.54. The van der Waals surface area contributed by atoms with Gasteiger partial charge in [-0.2, -0.15) is 0 Å². The molecule has 172 valence electrons. The van der Waals surface area contributed by atoms with Crippen LogP contribution >= 0.6 is 0 Å². The number of urea groups is 1. The molecule has 1 aromatic carbocycles. The maximum Gasteiger partial charge on any atom is 0.318 e. The van der Waals surface area contributed by atoms with E-state index in [1.807, 2.05) is 30.3 Å². The first-order chi connectivity index (χ1) is 15.5. The Hall–Kier alpha value is -3.40. The Morgan fingerprint density at radius 2 is 1.88 bits per heavy atom. The van der Waals surface area contributed by atoms with E-state index < -0.39 is 18.0 Å². The maximum atomic E-state index is 13.5. The van der Waals surface area contributed by atoms with Crippen molar-refractivity contribution in [1.82, 2.24) is 30.5 Å². The van der Waals surface area contributed by atoms with E-state index in [1.165, 1.54) is 11.2 Å². The maximum absolute atomic E-state index is 13.5. The van der Waals surface area contributed by atoms with Crippen LogP contribution in [0.4, 0.5) is 4.79 Å². The number of carbonyl (C=O) groups is 3. The number of piperidine rings is 1. The Labute approximate surface area is 187 Å². The first-order valence-electron chi connectivity index (χ1n) is 10.8. The molecule has 2 atom stereocenters. The summed E-state index contributed by atoms with van der Waals surface area (Å²) in [4.78, 5) is 48.9. The van der Waals surface area contributed by atoms with Crippen molar-refractivity contribution >= 4 is 17.8 Å². The van der Waals surface area contributed by atoms with E-state index in [-0.39, 0.29) is 18.4 Å². The van der Waals surface area contributed by atoms with E-state index in [4.69, 9.17) is 5.84 Å². The lowest BCUT2D eigenvalue weighted by Crippen LogP contribution is -2.58. The number of aromatic nitrogens is 2. The number of carbonyl (C=O) groups excluding carboxylic acids is 3. The minimum absolute atomic E-state index is 0.187. The van der Waals surface area contributed by atoms with Crippen molar-refractivity contribution < 1.29 is 14.4 Å². The number of hydrogen-bond acceptors (Lipinski definition) is 5. The average molecular weight is 442 g/mol. The Bertz CT molecular complexity index is 882. The number of likely N-dealkylation sites (N-methyl/N-ethyl adjacent to an activating group) is 1. The molecule has 0 radical (unpaired) electrons. The van der Waals surface area contributed by atoms with Crippen molar-refractivity contribution in [2.45, 2.75) is 44.2 Å². The number of hydrazine groups is 1. The van der Waals surface area contributed by atoms with Gasteiger partial charge in [-0.3, -0.25) is 15.0 Å². The monoisotopic (exact) mass is 441 g/mol. The Kier molecular flexibility index (Phi) is 8.20. The molecule has 0 saturated carbocycles. The summed E-state index contributed by atoms with van der Waals surface area (Å²) in [6.45, 7) is 1.34. The molecule has 32 heavy (non-hydrogen) atoms. The fourth-order valence-electron chi connectivity index (χ4n) is 3.89. The second-order valence-electron chi connectivity index (χ2n) is 7.98. The number of nitrogens with two attached hydrogens (primary N) is 1. The molecular formula is C22H31N7O3. The van der Waals surface area contributed by atoms with Crippen LogP contribution < -0.4 is 16.6 Å². The number of nitrogens with zero attached hydrogens (tertiary/aromatic N) is 3. The van der Waals surface area contributed by atoms with Gasteiger partial charge in [-0.15, -0.1) is 0 Å². The quantitative estimate of drug-likeness (QED) is 0.270. The van der Waals surface area contributed by atoms with Gasteiger partial charge in [0.2, 0.25) is 5.91 Å². The Morgan fingerprint density at radius 3 is 2.50 bits per heavy atom. The third kappa shape index (κ3) is 6.07. The highest BCUT2D eigenvalue weighted by Crippen LogP contribution is 2.13. The van der Waals surface area contributed by atoms with Gasteiger partial charge in [0.05, 0.1) is 12.0 Å². The van der Waals surface area contributed by atoms with Crippen LogP contribution in [0.2, 0.25) is 0 Å². The summed E-state index contributed by atoms with van der Waals surface area (Å²) >= 11 is 0. The van der Waals surface area contributed by atoms with E-state index >= 15 is 0 Å². The van der Waals surface area contributed by atoms with E-state index in [0.29, 0.717) is 25.2 Å². The van der Waals surface area contributed by atoms with Crippen LogP contribution in [0.5, 0.6) is 0 Å². The fourth-order valence-corrected chi connectivity index (χ4v) is 3.89. The molecule has 5 N–H and O–H groups in total. The third-order valence-corrected chi connectivity index (χ3v) is 5.74. The lowest BCUT2D eigenvalue weighted by Gasteiger charge is -2.32. The number of likely N-dealkylation sites (tertiary alicyclic amines) is 1. The number of imidazole rings is 1. The molecule has 2 aromatic rings. The van der Waals surface area contributed by atoms with Crippen LogP contribution in [-0.4, -0.2) is 69.8 Å². The fraction of sp³-hybridized carbons (Fsp3) is 0.455. The second kappa shape index (κ2) is 11.3. The number of nitrogens with one attached hydrogen (secondary N) is 3. The van der Waals surface area contributed by atoms with Gasteiger partial charge < -0.3 is 20.1 Å². The summed E-state index contributed by atoms with van der Waals surface area (Å²) in [6, 6.07) is 7.50. The largest absolute Gasteiger partial charge is 0.351 e. The van der Waals surface area contributed by atoms with Crippen LogP contribution in [0.25, 0.3) is 0 Å². The van der Waals surface area contributed by atoms with Crippen LogP contribution in [0.3, 0.4) is 0 Å². The standard InChI is InChI=1S/C22H31N7O3/c1-28(19(20(30)27-23)13-17-14-24-15-25-17)21(31)18(12-16-8-4-2-5-9-16)26-22(32)29-10-6-3-7-11-29/h2,4-5,8-9,14-15,18-19H,3,6-7,10-13,23H2,1H3,(H,24,25)(H,26,32)(H,27,30)/t18-,19-/m0/s1. The predicted octanol–water partition coefficient (Wildman–Crippen LogP) is 0.576. The first-order valence-corrected chi connectivity index (χ1v) is 10.8. The highest BCUT2D eigenvalue weighted by molar-refractivity contribution is 5.92. The van der Waals surface area contributed by atoms with Gasteiger partial charge in [-0.05, 0) is 24.8 Å². The molecule has 1 aromatic heterocycles. The molecule has 10 nitrogen and oxygen atoms in total. The van der Waals surface area contributed by atoms with Crippen molar-refractivity contribution in [3.8, 4) is 0 Å². The SMILES string of the molecule is CN(C(=O)[C@H](Cc1ccccc1)NC(=O)N1CCCCC1)[C@@H](Cc1c[nH]cn1)C(=O)NN. The van der Waals surface area contributed by atoms with E-state index in [9.17, 15) is 14.4 Å². The van der Waals surface area contributed by atoms with Gasteiger partial charge in [0.15, 0.2) is 0 Å². The zero-order valence-corrected chi connectivity index (χ0v) is 18.3. The Morgan fingerprint density at radius 1 is 1.16 bits per heavy atom. The molecule has 0 unspecified atom stereocenters. The van der Waals surface area contributed by atoms with Crippen molar-refractivity contribution in [1.29, 1.82) is 0 Å². The second-order valence-corrected chi connectivity index (χ2v) is 7.98. The third-order valence-electron chi connectivity index (χ3n) is 5.74. The summed E-state index contributed by atoms with van der Waals surface area (Å²) in [5, 5.41) is 2.90. The number of rotatable bonds is 8. The van der Waals surface area contributed by atoms with Gasteiger partial charge in [0.1, 0.15) is 12.1 Å². The smallest absolute Gasteiger partial charge is 0.318 e. The lowest BCUT2D eigenvalue weighted by molar-refractivity contribution is -0.140. The van der Waals surface area contributed by atoms with Gasteiger partial charge >= 0.3 is 6.03 Å². The van der Waals surface area contributed by atoms with E-state index in [2.05, 4.69) is 20.7 Å². The number of amides is 4. The molecule has 4 amide bonds. The molecule has 1 aliphatic heterocycles. The molecule has 0 spiro atoms. The van der Waals surface area contributed by atoms with E-state index in [1.54, 1.807) is 18.1 Å². The molecular weight excluding hydrogens is 410 g/mol. The molecule has 3 rings (SSSR count). The average Bonchev–Trinajstić information content (AvgIpc) is 3.35. The number of hydrogen-bond donors (Lipinski definition) is 4. The van der Waals surface area contributed by atoms with Crippen molar-refractivity contribution in [3.05, 3.63) is 54.1 Å². The molecule has 2 heterocycles. The van der Waals surface area contributed by atoms with Crippen LogP contribution in [0, 0.1) is 0 Å². The van der Waals surface area contributed by atoms with Gasteiger partial charge in [-0.1, -0.05) is 30.3 Å². The van der Waals surface area contributed by atoms with Crippen LogP contribution in [0.15, 0.2) is 42.9 Å². The molecule has 1 saturated heterocycles. The number of H-pyrrole nitrogens is 1. The van der Waals surface area contributed by atoms with Crippen LogP contribution in [-0.2, 0) is 22.4 Å². The zero-order valence-electron chi connectivity index (χ0n) is 18.3. The predicted molar refractivity (Wildman–Crippen MR) is 119 cm³/mol. The summed E-state index contributed by atoms with van der Waals surface area (Å²) in [5.74, 6) is 4.49. The van der Waals surface area contributed by atoms with Crippen molar-refractivity contribution in [2.24, 2.45) is 5.84 Å². The minimum Gasteiger partial charge on any atom is -0.351 e. The number of aromatic amines is 1. The Balaban J connectivity index is 1.79. The van der Waals surface area contributed by atoms with Crippen molar-refractivity contribution in [3.63, 3.8) is 0 Å². The van der Waals surface area contributed by atoms with Crippen LogP contribution in [0.1, 0.15) is 30.5 Å². The zero-order chi connectivity index (χ0) is 22.9. The topological polar surface area (TPSA) is 136 Å². The molecule has 0 bridgehead atoms. The van der Waals surface area contributed by atoms with Gasteiger partial charge in [0, 0.05) is 39.2 Å². The van der Waals surface area contributed by atoms with E-state index in [0.717, 1.165) is 24.8 Å². The summed E-state index contributed by atoms with van der Waals surface area (Å²) < 4.78 is 0. The highest BCUT2D eigenvalue weighted by atomic mass is 16.2. The minimum atomic E-state index is -0.874. The normalized spacial score (nSPS) is 15.5. The van der Waals surface area contributed by atoms with Crippen molar-refractivity contribution in [2.75, 3.05) is 20.1 Å². The molecule has 1 aliphatic rings. The first kappa shape index (κ1) is 23.3. The number of benzene rings is 1. The lowest BCUT2D eigenvalue weighted by atomic mass is 10.0. The highest BCUT2D eigenvalue weighted by Gasteiger charge is 2.33.